The normalized spacial score (nSPS) is 22.0. The Kier molecular flexibility index (Phi) is 4.28. The highest BCUT2D eigenvalue weighted by molar-refractivity contribution is 9.09. The minimum Gasteiger partial charge on any atom is -0.481 e. The van der Waals surface area contributed by atoms with E-state index in [4.69, 9.17) is 5.11 Å². The van der Waals surface area contributed by atoms with Crippen LogP contribution >= 0.6 is 15.9 Å². The van der Waals surface area contributed by atoms with Gasteiger partial charge in [0.15, 0.2) is 0 Å². The van der Waals surface area contributed by atoms with Crippen LogP contribution in [-0.4, -0.2) is 52.4 Å². The summed E-state index contributed by atoms with van der Waals surface area (Å²) in [6, 6.07) is -1.03. The van der Waals surface area contributed by atoms with Crippen molar-refractivity contribution in [3.63, 3.8) is 0 Å². The van der Waals surface area contributed by atoms with Gasteiger partial charge in [-0.25, -0.2) is 4.79 Å². The van der Waals surface area contributed by atoms with Crippen molar-refractivity contribution in [1.29, 1.82) is 0 Å². The summed E-state index contributed by atoms with van der Waals surface area (Å²) >= 11 is 3.26. The number of alkyl halides is 1. The SMILES string of the molecule is COC(=O)[C@@H](CC(=O)O)N1CC(Br)CC1=O. The standard InChI is InChI=1S/C9H12BrNO5/c1-16-9(15)6(3-8(13)14)11-4-5(10)2-7(11)12/h5-6H,2-4H2,1H3,(H,13,14)/t5?,6-/m1/s1. The van der Waals surface area contributed by atoms with Crippen molar-refractivity contribution in [2.24, 2.45) is 0 Å². The minimum absolute atomic E-state index is 0.0408. The summed E-state index contributed by atoms with van der Waals surface area (Å²) in [6.45, 7) is 0.325. The van der Waals surface area contributed by atoms with Gasteiger partial charge in [-0.2, -0.15) is 0 Å². The number of carbonyl (C=O) groups excluding carboxylic acids is 2. The molecule has 1 N–H and O–H groups in total. The molecule has 0 saturated carbocycles. The number of carboxylic acid groups (broad SMARTS) is 1. The van der Waals surface area contributed by atoms with Gasteiger partial charge in [-0.15, -0.1) is 0 Å². The molecule has 1 amide bonds. The smallest absolute Gasteiger partial charge is 0.329 e. The lowest BCUT2D eigenvalue weighted by Gasteiger charge is -2.24. The lowest BCUT2D eigenvalue weighted by atomic mass is 10.2. The molecule has 0 bridgehead atoms. The molecule has 1 aliphatic rings. The Labute approximate surface area is 101 Å². The number of methoxy groups -OCH3 is 1. The summed E-state index contributed by atoms with van der Waals surface area (Å²) in [4.78, 5) is 34.7. The van der Waals surface area contributed by atoms with E-state index >= 15 is 0 Å². The highest BCUT2D eigenvalue weighted by Gasteiger charge is 2.38. The van der Waals surface area contributed by atoms with Crippen LogP contribution in [0.5, 0.6) is 0 Å². The molecular weight excluding hydrogens is 282 g/mol. The van der Waals surface area contributed by atoms with Crippen molar-refractivity contribution in [3.8, 4) is 0 Å². The number of ether oxygens (including phenoxy) is 1. The van der Waals surface area contributed by atoms with Crippen LogP contribution in [0.4, 0.5) is 0 Å². The Bertz CT molecular complexity index is 319. The molecule has 1 saturated heterocycles. The van der Waals surface area contributed by atoms with Crippen molar-refractivity contribution in [2.45, 2.75) is 23.7 Å². The van der Waals surface area contributed by atoms with Gasteiger partial charge in [-0.3, -0.25) is 9.59 Å². The first-order valence-corrected chi connectivity index (χ1v) is 5.60. The van der Waals surface area contributed by atoms with E-state index < -0.39 is 24.4 Å². The molecule has 2 atom stereocenters. The Balaban J connectivity index is 2.80. The maximum absolute atomic E-state index is 11.5. The Morgan fingerprint density at radius 1 is 1.69 bits per heavy atom. The van der Waals surface area contributed by atoms with E-state index in [9.17, 15) is 14.4 Å². The van der Waals surface area contributed by atoms with E-state index in [1.807, 2.05) is 0 Å². The first-order valence-electron chi connectivity index (χ1n) is 4.69. The van der Waals surface area contributed by atoms with Gasteiger partial charge >= 0.3 is 11.9 Å². The molecule has 0 aromatic rings. The number of esters is 1. The van der Waals surface area contributed by atoms with Crippen LogP contribution in [-0.2, 0) is 19.1 Å². The number of rotatable bonds is 4. The zero-order valence-electron chi connectivity index (χ0n) is 8.68. The summed E-state index contributed by atoms with van der Waals surface area (Å²) in [5, 5.41) is 8.68. The molecule has 7 heteroatoms. The number of aliphatic carboxylic acids is 1. The third-order valence-corrected chi connectivity index (χ3v) is 2.94. The topological polar surface area (TPSA) is 83.9 Å². The van der Waals surface area contributed by atoms with Gasteiger partial charge in [-0.1, -0.05) is 15.9 Å². The Hall–Kier alpha value is -1.11. The summed E-state index contributed by atoms with van der Waals surface area (Å²) < 4.78 is 4.50. The third-order valence-electron chi connectivity index (χ3n) is 2.33. The number of amides is 1. The van der Waals surface area contributed by atoms with Gasteiger partial charge in [0.25, 0.3) is 0 Å². The van der Waals surface area contributed by atoms with Gasteiger partial charge in [-0.05, 0) is 0 Å². The number of likely N-dealkylation sites (tertiary alicyclic amines) is 1. The van der Waals surface area contributed by atoms with E-state index in [2.05, 4.69) is 20.7 Å². The van der Waals surface area contributed by atoms with Crippen LogP contribution in [0.1, 0.15) is 12.8 Å². The van der Waals surface area contributed by atoms with E-state index in [-0.39, 0.29) is 17.2 Å². The number of hydrogen-bond acceptors (Lipinski definition) is 4. The van der Waals surface area contributed by atoms with Gasteiger partial charge < -0.3 is 14.7 Å². The highest BCUT2D eigenvalue weighted by atomic mass is 79.9. The second kappa shape index (κ2) is 5.29. The lowest BCUT2D eigenvalue weighted by molar-refractivity contribution is -0.155. The minimum atomic E-state index is -1.14. The molecule has 1 unspecified atom stereocenters. The summed E-state index contributed by atoms with van der Waals surface area (Å²) in [7, 11) is 1.17. The zero-order chi connectivity index (χ0) is 12.3. The quantitative estimate of drug-likeness (QED) is 0.583. The number of halogens is 1. The molecule has 1 rings (SSSR count). The van der Waals surface area contributed by atoms with Crippen LogP contribution in [0.25, 0.3) is 0 Å². The van der Waals surface area contributed by atoms with Crippen LogP contribution in [0.15, 0.2) is 0 Å². The van der Waals surface area contributed by atoms with Gasteiger partial charge in [0.2, 0.25) is 5.91 Å². The molecule has 0 aromatic carbocycles. The molecular formula is C9H12BrNO5. The Morgan fingerprint density at radius 2 is 2.31 bits per heavy atom. The van der Waals surface area contributed by atoms with Crippen LogP contribution in [0, 0.1) is 0 Å². The fourth-order valence-corrected chi connectivity index (χ4v) is 2.20. The predicted molar refractivity (Wildman–Crippen MR) is 57.1 cm³/mol. The average Bonchev–Trinajstić information content (AvgIpc) is 2.53. The van der Waals surface area contributed by atoms with Crippen molar-refractivity contribution in [3.05, 3.63) is 0 Å². The van der Waals surface area contributed by atoms with Crippen molar-refractivity contribution < 1.29 is 24.2 Å². The van der Waals surface area contributed by atoms with Crippen molar-refractivity contribution in [1.82, 2.24) is 4.90 Å². The van der Waals surface area contributed by atoms with Crippen LogP contribution < -0.4 is 0 Å². The van der Waals surface area contributed by atoms with E-state index in [0.29, 0.717) is 6.54 Å². The highest BCUT2D eigenvalue weighted by Crippen LogP contribution is 2.22. The second-order valence-corrected chi connectivity index (χ2v) is 4.78. The van der Waals surface area contributed by atoms with E-state index in [0.717, 1.165) is 0 Å². The predicted octanol–water partition coefficient (Wildman–Crippen LogP) is -0.00150. The monoisotopic (exact) mass is 293 g/mol. The van der Waals surface area contributed by atoms with E-state index in [1.165, 1.54) is 12.0 Å². The second-order valence-electron chi connectivity index (χ2n) is 3.48. The maximum Gasteiger partial charge on any atom is 0.329 e. The zero-order valence-corrected chi connectivity index (χ0v) is 10.3. The third kappa shape index (κ3) is 2.94. The molecule has 0 aliphatic carbocycles. The van der Waals surface area contributed by atoms with Gasteiger partial charge in [0, 0.05) is 17.8 Å². The van der Waals surface area contributed by atoms with Gasteiger partial charge in [0.1, 0.15) is 6.04 Å². The average molecular weight is 294 g/mol. The molecule has 6 nitrogen and oxygen atoms in total. The summed E-state index contributed by atoms with van der Waals surface area (Å²) in [6.07, 6.45) is -0.161. The number of hydrogen-bond donors (Lipinski definition) is 1. The summed E-state index contributed by atoms with van der Waals surface area (Å²) in [5.74, 6) is -2.07. The van der Waals surface area contributed by atoms with Crippen molar-refractivity contribution >= 4 is 33.8 Å². The molecule has 1 fully saturated rings. The molecule has 0 aromatic heterocycles. The molecule has 1 heterocycles. The first kappa shape index (κ1) is 13.0. The molecule has 1 aliphatic heterocycles. The first-order chi connectivity index (χ1) is 7.45. The molecule has 16 heavy (non-hydrogen) atoms. The number of nitrogens with zero attached hydrogens (tertiary/aromatic N) is 1. The number of carboxylic acids is 1. The Morgan fingerprint density at radius 3 is 2.69 bits per heavy atom. The fourth-order valence-electron chi connectivity index (χ4n) is 1.61. The lowest BCUT2D eigenvalue weighted by Crippen LogP contribution is -2.44. The fraction of sp³-hybridized carbons (Fsp3) is 0.667. The largest absolute Gasteiger partial charge is 0.481 e. The number of carbonyl (C=O) groups is 3. The summed E-state index contributed by atoms with van der Waals surface area (Å²) in [5.41, 5.74) is 0. The van der Waals surface area contributed by atoms with E-state index in [1.54, 1.807) is 0 Å². The van der Waals surface area contributed by atoms with Crippen LogP contribution in [0.3, 0.4) is 0 Å². The van der Waals surface area contributed by atoms with Crippen molar-refractivity contribution in [2.75, 3.05) is 13.7 Å². The maximum atomic E-state index is 11.5. The van der Waals surface area contributed by atoms with Gasteiger partial charge in [0.05, 0.1) is 13.5 Å². The molecule has 90 valence electrons. The molecule has 0 spiro atoms. The molecule has 0 radical (unpaired) electrons. The van der Waals surface area contributed by atoms with Crippen LogP contribution in [0.2, 0.25) is 0 Å².